The molecule has 0 aromatic heterocycles. The molecule has 1 aliphatic heterocycles. The predicted molar refractivity (Wildman–Crippen MR) is 79.5 cm³/mol. The Hall–Kier alpha value is -0.650. The summed E-state index contributed by atoms with van der Waals surface area (Å²) in [5.41, 5.74) is -0.330. The monoisotopic (exact) mass is 286 g/mol. The Morgan fingerprint density at radius 2 is 2.20 bits per heavy atom. The lowest BCUT2D eigenvalue weighted by Crippen LogP contribution is -2.45. The Bertz CT molecular complexity index is 302. The van der Waals surface area contributed by atoms with Crippen molar-refractivity contribution in [2.75, 3.05) is 39.9 Å². The van der Waals surface area contributed by atoms with Crippen LogP contribution in [0.15, 0.2) is 0 Å². The van der Waals surface area contributed by atoms with E-state index in [1.807, 2.05) is 20.8 Å². The molecule has 20 heavy (non-hydrogen) atoms. The summed E-state index contributed by atoms with van der Waals surface area (Å²) in [5.74, 6) is 0.582. The van der Waals surface area contributed by atoms with Crippen LogP contribution in [0.2, 0.25) is 0 Å². The van der Waals surface area contributed by atoms with Gasteiger partial charge in [-0.3, -0.25) is 4.79 Å². The number of aliphatic hydroxyl groups excluding tert-OH is 1. The number of rotatable bonds is 6. The minimum absolute atomic E-state index is 0.106. The molecule has 0 bridgehead atoms. The molecule has 118 valence electrons. The third-order valence-electron chi connectivity index (χ3n) is 3.66. The maximum absolute atomic E-state index is 11.9. The summed E-state index contributed by atoms with van der Waals surface area (Å²) in [6, 6.07) is 0. The molecule has 1 saturated heterocycles. The van der Waals surface area contributed by atoms with E-state index in [0.717, 1.165) is 32.5 Å². The zero-order valence-electron chi connectivity index (χ0n) is 13.3. The van der Waals surface area contributed by atoms with E-state index in [9.17, 15) is 9.90 Å². The molecule has 0 unspecified atom stereocenters. The Labute approximate surface area is 122 Å². The average Bonchev–Trinajstić information content (AvgIpc) is 2.35. The van der Waals surface area contributed by atoms with Gasteiger partial charge in [-0.1, -0.05) is 20.8 Å². The average molecular weight is 286 g/mol. The number of ether oxygens (including phenoxy) is 1. The lowest BCUT2D eigenvalue weighted by atomic mass is 9.94. The van der Waals surface area contributed by atoms with E-state index in [2.05, 4.69) is 10.2 Å². The van der Waals surface area contributed by atoms with Crippen LogP contribution < -0.4 is 5.32 Å². The highest BCUT2D eigenvalue weighted by Gasteiger charge is 2.25. The van der Waals surface area contributed by atoms with Crippen LogP contribution in [-0.4, -0.2) is 61.9 Å². The van der Waals surface area contributed by atoms with Crippen LogP contribution in [0.25, 0.3) is 0 Å². The molecule has 1 fully saturated rings. The van der Waals surface area contributed by atoms with Crippen molar-refractivity contribution in [1.29, 1.82) is 0 Å². The first kappa shape index (κ1) is 17.4. The van der Waals surface area contributed by atoms with Crippen molar-refractivity contribution in [2.24, 2.45) is 11.3 Å². The Kier molecular flexibility index (Phi) is 6.92. The van der Waals surface area contributed by atoms with Gasteiger partial charge in [0, 0.05) is 32.2 Å². The molecule has 1 aliphatic rings. The van der Waals surface area contributed by atoms with Gasteiger partial charge in [0.15, 0.2) is 0 Å². The second-order valence-corrected chi connectivity index (χ2v) is 6.84. The van der Waals surface area contributed by atoms with Crippen LogP contribution in [0.5, 0.6) is 0 Å². The highest BCUT2D eigenvalue weighted by molar-refractivity contribution is 5.81. The largest absolute Gasteiger partial charge is 0.389 e. The third kappa shape index (κ3) is 6.20. The van der Waals surface area contributed by atoms with Gasteiger partial charge < -0.3 is 20.1 Å². The zero-order valence-corrected chi connectivity index (χ0v) is 13.3. The maximum Gasteiger partial charge on any atom is 0.225 e. The van der Waals surface area contributed by atoms with E-state index in [-0.39, 0.29) is 11.3 Å². The number of amides is 1. The lowest BCUT2D eigenvalue weighted by Gasteiger charge is -2.34. The number of nitrogens with zero attached hydrogens (tertiary/aromatic N) is 1. The van der Waals surface area contributed by atoms with Crippen LogP contribution in [0.3, 0.4) is 0 Å². The fourth-order valence-electron chi connectivity index (χ4n) is 2.53. The smallest absolute Gasteiger partial charge is 0.225 e. The maximum atomic E-state index is 11.9. The molecule has 0 spiro atoms. The fraction of sp³-hybridized carbons (Fsp3) is 0.933. The summed E-state index contributed by atoms with van der Waals surface area (Å²) >= 11 is 0. The predicted octanol–water partition coefficient (Wildman–Crippen LogP) is 0.868. The van der Waals surface area contributed by atoms with Crippen molar-refractivity contribution >= 4 is 5.91 Å². The number of hydrogen-bond donors (Lipinski definition) is 2. The number of methoxy groups -OCH3 is 1. The second-order valence-electron chi connectivity index (χ2n) is 6.84. The van der Waals surface area contributed by atoms with Crippen molar-refractivity contribution in [3.05, 3.63) is 0 Å². The number of β-amino-alcohol motifs (C(OH)–C–C–N with tert-alkyl or cyclic N) is 1. The number of aliphatic hydroxyl groups is 1. The molecule has 2 N–H and O–H groups in total. The summed E-state index contributed by atoms with van der Waals surface area (Å²) in [7, 11) is 1.60. The summed E-state index contributed by atoms with van der Waals surface area (Å²) in [5, 5.41) is 12.8. The lowest BCUT2D eigenvalue weighted by molar-refractivity contribution is -0.128. The van der Waals surface area contributed by atoms with Crippen molar-refractivity contribution in [1.82, 2.24) is 10.2 Å². The zero-order chi connectivity index (χ0) is 15.2. The van der Waals surface area contributed by atoms with Crippen LogP contribution >= 0.6 is 0 Å². The highest BCUT2D eigenvalue weighted by Crippen LogP contribution is 2.17. The molecule has 0 aromatic rings. The van der Waals surface area contributed by atoms with E-state index in [1.165, 1.54) is 0 Å². The van der Waals surface area contributed by atoms with E-state index >= 15 is 0 Å². The Balaban J connectivity index is 2.32. The first-order chi connectivity index (χ1) is 9.32. The number of piperidine rings is 1. The van der Waals surface area contributed by atoms with Gasteiger partial charge in [-0.2, -0.15) is 0 Å². The van der Waals surface area contributed by atoms with Crippen molar-refractivity contribution in [3.8, 4) is 0 Å². The SMILES string of the molecule is COC[C@H](O)CN1CCC[C@@H](CNC(=O)C(C)(C)C)C1. The van der Waals surface area contributed by atoms with Gasteiger partial charge in [-0.05, 0) is 25.3 Å². The molecule has 2 atom stereocenters. The number of nitrogens with one attached hydrogen (secondary N) is 1. The number of carbonyl (C=O) groups is 1. The minimum atomic E-state index is -0.428. The Morgan fingerprint density at radius 3 is 2.80 bits per heavy atom. The third-order valence-corrected chi connectivity index (χ3v) is 3.66. The van der Waals surface area contributed by atoms with E-state index in [4.69, 9.17) is 4.74 Å². The van der Waals surface area contributed by atoms with Crippen LogP contribution in [0.1, 0.15) is 33.6 Å². The van der Waals surface area contributed by atoms with Gasteiger partial charge in [0.05, 0.1) is 12.7 Å². The van der Waals surface area contributed by atoms with Crippen molar-refractivity contribution in [2.45, 2.75) is 39.7 Å². The second kappa shape index (κ2) is 7.96. The topological polar surface area (TPSA) is 61.8 Å². The molecular weight excluding hydrogens is 256 g/mol. The standard InChI is InChI=1S/C15H30N2O3/c1-15(2,3)14(19)16-8-12-6-5-7-17(9-12)10-13(18)11-20-4/h12-13,18H,5-11H2,1-4H3,(H,16,19)/t12-,13+/m0/s1. The highest BCUT2D eigenvalue weighted by atomic mass is 16.5. The number of hydrogen-bond acceptors (Lipinski definition) is 4. The van der Waals surface area contributed by atoms with Crippen molar-refractivity contribution in [3.63, 3.8) is 0 Å². The molecule has 5 nitrogen and oxygen atoms in total. The minimum Gasteiger partial charge on any atom is -0.389 e. The molecule has 1 amide bonds. The Morgan fingerprint density at radius 1 is 1.50 bits per heavy atom. The molecule has 0 aromatic carbocycles. The van der Waals surface area contributed by atoms with Gasteiger partial charge in [0.25, 0.3) is 0 Å². The quantitative estimate of drug-likeness (QED) is 0.760. The molecule has 1 rings (SSSR count). The molecule has 0 aliphatic carbocycles. The summed E-state index contributed by atoms with van der Waals surface area (Å²) in [6.45, 7) is 9.49. The van der Waals surface area contributed by atoms with Gasteiger partial charge >= 0.3 is 0 Å². The fourth-order valence-corrected chi connectivity index (χ4v) is 2.53. The molecular formula is C15H30N2O3. The van der Waals surface area contributed by atoms with E-state index in [0.29, 0.717) is 19.1 Å². The summed E-state index contributed by atoms with van der Waals surface area (Å²) < 4.78 is 4.95. The molecule has 0 saturated carbocycles. The van der Waals surface area contributed by atoms with Crippen LogP contribution in [0.4, 0.5) is 0 Å². The van der Waals surface area contributed by atoms with E-state index in [1.54, 1.807) is 7.11 Å². The molecule has 1 heterocycles. The molecule has 0 radical (unpaired) electrons. The first-order valence-corrected chi connectivity index (χ1v) is 7.50. The van der Waals surface area contributed by atoms with Gasteiger partial charge in [0.2, 0.25) is 5.91 Å². The van der Waals surface area contributed by atoms with Gasteiger partial charge in [-0.25, -0.2) is 0 Å². The van der Waals surface area contributed by atoms with Gasteiger partial charge in [0.1, 0.15) is 0 Å². The summed E-state index contributed by atoms with van der Waals surface area (Å²) in [4.78, 5) is 14.1. The summed E-state index contributed by atoms with van der Waals surface area (Å²) in [6.07, 6.45) is 1.83. The van der Waals surface area contributed by atoms with E-state index < -0.39 is 6.10 Å². The first-order valence-electron chi connectivity index (χ1n) is 7.50. The van der Waals surface area contributed by atoms with Crippen LogP contribution in [0, 0.1) is 11.3 Å². The number of likely N-dealkylation sites (tertiary alicyclic amines) is 1. The van der Waals surface area contributed by atoms with Crippen molar-refractivity contribution < 1.29 is 14.6 Å². The van der Waals surface area contributed by atoms with Crippen LogP contribution in [-0.2, 0) is 9.53 Å². The normalized spacial score (nSPS) is 22.6. The number of carbonyl (C=O) groups excluding carboxylic acids is 1. The van der Waals surface area contributed by atoms with Gasteiger partial charge in [-0.15, -0.1) is 0 Å². The molecule has 5 heteroatoms.